The Balaban J connectivity index is 1.59. The fraction of sp³-hybridized carbons (Fsp3) is 0.450. The molecule has 1 atom stereocenters. The lowest BCUT2D eigenvalue weighted by Crippen LogP contribution is -2.37. The first-order valence-electron chi connectivity index (χ1n) is 9.14. The summed E-state index contributed by atoms with van der Waals surface area (Å²) < 4.78 is 11.1. The van der Waals surface area contributed by atoms with Gasteiger partial charge >= 0.3 is 0 Å². The van der Waals surface area contributed by atoms with Crippen LogP contribution in [0.4, 0.5) is 0 Å². The third-order valence-corrected chi connectivity index (χ3v) is 5.59. The second-order valence-electron chi connectivity index (χ2n) is 6.16. The first-order chi connectivity index (χ1) is 12.7. The lowest BCUT2D eigenvalue weighted by molar-refractivity contribution is 0.0985. The molecule has 140 valence electrons. The Morgan fingerprint density at radius 2 is 1.96 bits per heavy atom. The largest absolute Gasteiger partial charge is 0.486 e. The van der Waals surface area contributed by atoms with Gasteiger partial charge in [0.1, 0.15) is 13.2 Å². The van der Waals surface area contributed by atoms with Gasteiger partial charge in [0.25, 0.3) is 0 Å². The molecule has 2 aromatic rings. The Hall–Kier alpha value is -1.89. The van der Waals surface area contributed by atoms with Gasteiger partial charge in [-0.25, -0.2) is 0 Å². The van der Waals surface area contributed by atoms with Crippen molar-refractivity contribution in [2.45, 2.75) is 19.9 Å². The molecule has 0 radical (unpaired) electrons. The van der Waals surface area contributed by atoms with Crippen molar-refractivity contribution in [1.29, 1.82) is 0 Å². The van der Waals surface area contributed by atoms with Gasteiger partial charge in [-0.2, -0.15) is 0 Å². The molecule has 1 aromatic carbocycles. The second-order valence-corrected chi connectivity index (χ2v) is 7.14. The van der Waals surface area contributed by atoms with E-state index in [4.69, 9.17) is 9.47 Å². The predicted octanol–water partition coefficient (Wildman–Crippen LogP) is 3.37. The van der Waals surface area contributed by atoms with Crippen LogP contribution in [0, 0.1) is 0 Å². The van der Waals surface area contributed by atoms with Crippen LogP contribution in [0.5, 0.6) is 11.5 Å². The smallest absolute Gasteiger partial charge is 0.176 e. The molecule has 3 rings (SSSR count). The summed E-state index contributed by atoms with van der Waals surface area (Å²) in [6, 6.07) is 9.93. The van der Waals surface area contributed by atoms with Crippen molar-refractivity contribution in [3.63, 3.8) is 0 Å². The van der Waals surface area contributed by atoms with Gasteiger partial charge in [-0.1, -0.05) is 19.9 Å². The summed E-state index contributed by atoms with van der Waals surface area (Å²) in [6.45, 7) is 8.44. The molecule has 1 unspecified atom stereocenters. The highest BCUT2D eigenvalue weighted by Crippen LogP contribution is 2.30. The van der Waals surface area contributed by atoms with E-state index in [0.29, 0.717) is 36.8 Å². The van der Waals surface area contributed by atoms with Gasteiger partial charge in [-0.3, -0.25) is 9.69 Å². The maximum atomic E-state index is 12.5. The zero-order valence-corrected chi connectivity index (χ0v) is 16.2. The van der Waals surface area contributed by atoms with E-state index >= 15 is 0 Å². The van der Waals surface area contributed by atoms with Gasteiger partial charge in [0, 0.05) is 17.0 Å². The van der Waals surface area contributed by atoms with Gasteiger partial charge in [0.05, 0.1) is 12.6 Å². The number of ketones is 1. The average molecular weight is 375 g/mol. The number of benzene rings is 1. The van der Waals surface area contributed by atoms with Crippen LogP contribution in [0.2, 0.25) is 0 Å². The first-order valence-corrected chi connectivity index (χ1v) is 10.0. The standard InChI is InChI=1S/C20H26N2O3S/c1-3-22(4-2)16(20-6-5-11-26-20)13-21-14-17(23)15-7-8-18-19(12-15)25-10-9-24-18/h5-8,11-12,16,21H,3-4,9-10,13-14H2,1-2H3. The summed E-state index contributed by atoms with van der Waals surface area (Å²) in [7, 11) is 0. The molecule has 0 amide bonds. The van der Waals surface area contributed by atoms with Crippen molar-refractivity contribution >= 4 is 17.1 Å². The van der Waals surface area contributed by atoms with Crippen molar-refractivity contribution in [2.75, 3.05) is 39.4 Å². The molecule has 0 saturated carbocycles. The molecular weight excluding hydrogens is 348 g/mol. The highest BCUT2D eigenvalue weighted by molar-refractivity contribution is 7.10. The number of ether oxygens (including phenoxy) is 2. The van der Waals surface area contributed by atoms with E-state index < -0.39 is 0 Å². The number of nitrogens with one attached hydrogen (secondary N) is 1. The lowest BCUT2D eigenvalue weighted by atomic mass is 10.1. The number of hydrogen-bond donors (Lipinski definition) is 1. The maximum absolute atomic E-state index is 12.5. The van der Waals surface area contributed by atoms with E-state index in [1.807, 2.05) is 6.07 Å². The number of likely N-dealkylation sites (N-methyl/N-ethyl adjacent to an activating group) is 1. The van der Waals surface area contributed by atoms with Crippen LogP contribution in [0.25, 0.3) is 0 Å². The Bertz CT molecular complexity index is 714. The molecule has 0 fully saturated rings. The number of carbonyl (C=O) groups excluding carboxylic acids is 1. The minimum atomic E-state index is 0.0615. The monoisotopic (exact) mass is 374 g/mol. The van der Waals surface area contributed by atoms with Crippen LogP contribution in [-0.4, -0.2) is 50.1 Å². The maximum Gasteiger partial charge on any atom is 0.176 e. The number of nitrogens with zero attached hydrogens (tertiary/aromatic N) is 1. The summed E-state index contributed by atoms with van der Waals surface area (Å²) in [5.74, 6) is 1.42. The molecule has 1 N–H and O–H groups in total. The SMILES string of the molecule is CCN(CC)C(CNCC(=O)c1ccc2c(c1)OCCO2)c1cccs1. The summed E-state index contributed by atoms with van der Waals surface area (Å²) in [4.78, 5) is 16.3. The first kappa shape index (κ1) is 18.9. The number of carbonyl (C=O) groups is 1. The topological polar surface area (TPSA) is 50.8 Å². The molecule has 1 aromatic heterocycles. The lowest BCUT2D eigenvalue weighted by Gasteiger charge is -2.29. The van der Waals surface area contributed by atoms with Crippen LogP contribution >= 0.6 is 11.3 Å². The van der Waals surface area contributed by atoms with E-state index in [9.17, 15) is 4.79 Å². The minimum absolute atomic E-state index is 0.0615. The third kappa shape index (κ3) is 4.44. The number of Topliss-reactive ketones (excluding diaryl/α,β-unsaturated/α-hetero) is 1. The van der Waals surface area contributed by atoms with Gasteiger partial charge in [-0.15, -0.1) is 11.3 Å². The van der Waals surface area contributed by atoms with Crippen molar-refractivity contribution in [3.8, 4) is 11.5 Å². The molecule has 1 aliphatic rings. The van der Waals surface area contributed by atoms with E-state index in [1.54, 1.807) is 23.5 Å². The molecule has 1 aliphatic heterocycles. The summed E-state index contributed by atoms with van der Waals surface area (Å²) in [5, 5.41) is 5.45. The van der Waals surface area contributed by atoms with Crippen LogP contribution < -0.4 is 14.8 Å². The Morgan fingerprint density at radius 3 is 2.65 bits per heavy atom. The third-order valence-electron chi connectivity index (χ3n) is 4.61. The fourth-order valence-electron chi connectivity index (χ4n) is 3.20. The van der Waals surface area contributed by atoms with E-state index in [1.165, 1.54) is 4.88 Å². The molecule has 6 heteroatoms. The quantitative estimate of drug-likeness (QED) is 0.682. The van der Waals surface area contributed by atoms with Crippen molar-refractivity contribution in [3.05, 3.63) is 46.2 Å². The summed E-state index contributed by atoms with van der Waals surface area (Å²) in [5.41, 5.74) is 0.650. The van der Waals surface area contributed by atoms with E-state index in [0.717, 1.165) is 19.6 Å². The number of rotatable bonds is 9. The van der Waals surface area contributed by atoms with Crippen molar-refractivity contribution < 1.29 is 14.3 Å². The van der Waals surface area contributed by atoms with E-state index in [-0.39, 0.29) is 11.8 Å². The second kappa shape index (κ2) is 9.16. The Kier molecular flexibility index (Phi) is 6.66. The Morgan fingerprint density at radius 1 is 1.19 bits per heavy atom. The number of fused-ring (bicyclic) bond motifs is 1. The molecule has 0 aliphatic carbocycles. The normalized spacial score (nSPS) is 14.4. The van der Waals surface area contributed by atoms with Gasteiger partial charge in [0.15, 0.2) is 17.3 Å². The molecular formula is C20H26N2O3S. The highest BCUT2D eigenvalue weighted by atomic mass is 32.1. The molecule has 2 heterocycles. The zero-order valence-electron chi connectivity index (χ0n) is 15.4. The van der Waals surface area contributed by atoms with Gasteiger partial charge < -0.3 is 14.8 Å². The molecule has 0 spiro atoms. The zero-order chi connectivity index (χ0) is 18.4. The Labute approximate surface area is 158 Å². The molecule has 26 heavy (non-hydrogen) atoms. The highest BCUT2D eigenvalue weighted by Gasteiger charge is 2.20. The summed E-state index contributed by atoms with van der Waals surface area (Å²) in [6.07, 6.45) is 0. The van der Waals surface area contributed by atoms with E-state index in [2.05, 4.69) is 41.6 Å². The van der Waals surface area contributed by atoms with Crippen LogP contribution in [0.3, 0.4) is 0 Å². The van der Waals surface area contributed by atoms with Crippen LogP contribution in [0.1, 0.15) is 35.1 Å². The number of hydrogen-bond acceptors (Lipinski definition) is 6. The summed E-state index contributed by atoms with van der Waals surface area (Å²) >= 11 is 1.76. The molecule has 0 bridgehead atoms. The predicted molar refractivity (Wildman–Crippen MR) is 105 cm³/mol. The minimum Gasteiger partial charge on any atom is -0.486 e. The van der Waals surface area contributed by atoms with Crippen molar-refractivity contribution in [1.82, 2.24) is 10.2 Å². The fourth-order valence-corrected chi connectivity index (χ4v) is 4.06. The van der Waals surface area contributed by atoms with Crippen molar-refractivity contribution in [2.24, 2.45) is 0 Å². The molecule has 0 saturated heterocycles. The average Bonchev–Trinajstić information content (AvgIpc) is 3.21. The number of thiophene rings is 1. The van der Waals surface area contributed by atoms with Crippen LogP contribution in [0.15, 0.2) is 35.7 Å². The molecule has 5 nitrogen and oxygen atoms in total. The van der Waals surface area contributed by atoms with Gasteiger partial charge in [0.2, 0.25) is 0 Å². The van der Waals surface area contributed by atoms with Gasteiger partial charge in [-0.05, 0) is 42.7 Å². The van der Waals surface area contributed by atoms with Crippen LogP contribution in [-0.2, 0) is 0 Å².